The van der Waals surface area contributed by atoms with Gasteiger partial charge in [-0.15, -0.1) is 0 Å². The summed E-state index contributed by atoms with van der Waals surface area (Å²) in [5, 5.41) is 2.97. The van der Waals surface area contributed by atoms with Crippen LogP contribution in [0, 0.1) is 12.8 Å². The molecule has 0 saturated carbocycles. The molecule has 7 heteroatoms. The van der Waals surface area contributed by atoms with E-state index in [0.717, 1.165) is 5.75 Å². The van der Waals surface area contributed by atoms with Crippen molar-refractivity contribution >= 4 is 15.9 Å². The highest BCUT2D eigenvalue weighted by Gasteiger charge is 2.30. The van der Waals surface area contributed by atoms with Crippen LogP contribution < -0.4 is 10.1 Å². The molecule has 0 radical (unpaired) electrons. The van der Waals surface area contributed by atoms with Gasteiger partial charge in [0.25, 0.3) is 0 Å². The third-order valence-corrected chi connectivity index (χ3v) is 6.37. The van der Waals surface area contributed by atoms with Gasteiger partial charge < -0.3 is 10.1 Å². The second kappa shape index (κ2) is 8.67. The molecular formula is C18H28N2O4S. The molecule has 1 fully saturated rings. The fourth-order valence-corrected chi connectivity index (χ4v) is 3.97. The Bertz CT molecular complexity index is 665. The molecule has 2 rings (SSSR count). The molecule has 0 aliphatic carbocycles. The second-order valence-corrected chi connectivity index (χ2v) is 8.87. The fourth-order valence-electron chi connectivity index (χ4n) is 2.84. The summed E-state index contributed by atoms with van der Waals surface area (Å²) >= 11 is 0. The molecule has 1 aromatic rings. The van der Waals surface area contributed by atoms with Crippen molar-refractivity contribution in [3.63, 3.8) is 0 Å². The van der Waals surface area contributed by atoms with E-state index in [9.17, 15) is 13.2 Å². The Morgan fingerprint density at radius 2 is 1.88 bits per heavy atom. The van der Waals surface area contributed by atoms with E-state index in [4.69, 9.17) is 4.74 Å². The number of amides is 1. The van der Waals surface area contributed by atoms with Crippen LogP contribution in [-0.4, -0.2) is 50.1 Å². The predicted octanol–water partition coefficient (Wildman–Crippen LogP) is 1.94. The number of nitrogens with one attached hydrogen (secondary N) is 1. The Morgan fingerprint density at radius 3 is 2.44 bits per heavy atom. The van der Waals surface area contributed by atoms with Crippen LogP contribution in [0.2, 0.25) is 0 Å². The van der Waals surface area contributed by atoms with Gasteiger partial charge in [0.2, 0.25) is 15.9 Å². The minimum Gasteiger partial charge on any atom is -0.491 e. The van der Waals surface area contributed by atoms with E-state index in [1.807, 2.05) is 38.1 Å². The quantitative estimate of drug-likeness (QED) is 0.798. The van der Waals surface area contributed by atoms with E-state index in [0.29, 0.717) is 32.5 Å². The monoisotopic (exact) mass is 368 g/mol. The van der Waals surface area contributed by atoms with Crippen LogP contribution in [-0.2, 0) is 14.8 Å². The summed E-state index contributed by atoms with van der Waals surface area (Å²) in [6.07, 6.45) is 1.13. The van der Waals surface area contributed by atoms with E-state index in [2.05, 4.69) is 5.32 Å². The lowest BCUT2D eigenvalue weighted by Gasteiger charge is -2.30. The second-order valence-electron chi connectivity index (χ2n) is 6.61. The number of benzene rings is 1. The molecule has 0 aromatic heterocycles. The topological polar surface area (TPSA) is 75.7 Å². The number of aryl methyl sites for hydroxylation is 1. The minimum absolute atomic E-state index is 0.0199. The van der Waals surface area contributed by atoms with Gasteiger partial charge in [0, 0.05) is 19.0 Å². The van der Waals surface area contributed by atoms with Crippen LogP contribution in [0.25, 0.3) is 0 Å². The number of carbonyl (C=O) groups is 1. The lowest BCUT2D eigenvalue weighted by atomic mass is 9.97. The maximum Gasteiger partial charge on any atom is 0.223 e. The molecule has 0 bridgehead atoms. The number of hydrogen-bond acceptors (Lipinski definition) is 4. The first-order chi connectivity index (χ1) is 11.8. The van der Waals surface area contributed by atoms with Gasteiger partial charge in [-0.25, -0.2) is 12.7 Å². The zero-order valence-electron chi connectivity index (χ0n) is 15.2. The Balaban J connectivity index is 1.75. The van der Waals surface area contributed by atoms with E-state index >= 15 is 0 Å². The Labute approximate surface area is 150 Å². The molecule has 1 aliphatic rings. The lowest BCUT2D eigenvalue weighted by Crippen LogP contribution is -2.46. The molecule has 0 spiro atoms. The van der Waals surface area contributed by atoms with Crippen LogP contribution in [0.5, 0.6) is 5.75 Å². The highest BCUT2D eigenvalue weighted by atomic mass is 32.2. The molecule has 1 N–H and O–H groups in total. The van der Waals surface area contributed by atoms with Crippen molar-refractivity contribution in [1.29, 1.82) is 0 Å². The van der Waals surface area contributed by atoms with Crippen LogP contribution >= 0.6 is 0 Å². The van der Waals surface area contributed by atoms with E-state index in [-0.39, 0.29) is 23.6 Å². The van der Waals surface area contributed by atoms with Crippen LogP contribution in [0.4, 0.5) is 0 Å². The summed E-state index contributed by atoms with van der Waals surface area (Å²) < 4.78 is 30.9. The number of piperidine rings is 1. The molecule has 25 heavy (non-hydrogen) atoms. The zero-order valence-corrected chi connectivity index (χ0v) is 16.0. The van der Waals surface area contributed by atoms with Crippen molar-refractivity contribution in [2.24, 2.45) is 5.92 Å². The smallest absolute Gasteiger partial charge is 0.223 e. The van der Waals surface area contributed by atoms with Crippen molar-refractivity contribution in [2.45, 2.75) is 39.7 Å². The van der Waals surface area contributed by atoms with Gasteiger partial charge in [0.1, 0.15) is 12.4 Å². The minimum atomic E-state index is -3.15. The van der Waals surface area contributed by atoms with Gasteiger partial charge in [0.05, 0.1) is 11.8 Å². The van der Waals surface area contributed by atoms with E-state index < -0.39 is 10.0 Å². The van der Waals surface area contributed by atoms with Gasteiger partial charge >= 0.3 is 0 Å². The maximum absolute atomic E-state index is 12.4. The number of carbonyl (C=O) groups excluding carboxylic acids is 1. The van der Waals surface area contributed by atoms with Gasteiger partial charge in [-0.1, -0.05) is 17.7 Å². The number of rotatable bonds is 7. The lowest BCUT2D eigenvalue weighted by molar-refractivity contribution is -0.126. The maximum atomic E-state index is 12.4. The summed E-state index contributed by atoms with van der Waals surface area (Å²) in [5.74, 6) is 0.737. The molecular weight excluding hydrogens is 340 g/mol. The summed E-state index contributed by atoms with van der Waals surface area (Å²) in [6.45, 7) is 6.80. The first-order valence-corrected chi connectivity index (χ1v) is 10.4. The van der Waals surface area contributed by atoms with Gasteiger partial charge in [-0.2, -0.15) is 0 Å². The predicted molar refractivity (Wildman–Crippen MR) is 98.0 cm³/mol. The number of sulfonamides is 1. The Hall–Kier alpha value is -1.60. The molecule has 1 heterocycles. The normalized spacial score (nSPS) is 17.9. The molecule has 1 aromatic carbocycles. The third kappa shape index (κ3) is 5.71. The van der Waals surface area contributed by atoms with E-state index in [1.165, 1.54) is 9.87 Å². The summed E-state index contributed by atoms with van der Waals surface area (Å²) in [7, 11) is -3.15. The summed E-state index contributed by atoms with van der Waals surface area (Å²) in [6, 6.07) is 7.68. The highest BCUT2D eigenvalue weighted by Crippen LogP contribution is 2.20. The number of nitrogens with zero attached hydrogens (tertiary/aromatic N) is 1. The average Bonchev–Trinajstić information content (AvgIpc) is 2.61. The molecule has 1 aliphatic heterocycles. The molecule has 140 valence electrons. The first-order valence-electron chi connectivity index (χ1n) is 8.79. The van der Waals surface area contributed by atoms with E-state index in [1.54, 1.807) is 6.92 Å². The largest absolute Gasteiger partial charge is 0.491 e. The Kier molecular flexibility index (Phi) is 6.84. The van der Waals surface area contributed by atoms with Crippen LogP contribution in [0.1, 0.15) is 32.3 Å². The van der Waals surface area contributed by atoms with Crippen molar-refractivity contribution in [3.05, 3.63) is 29.8 Å². The first kappa shape index (κ1) is 19.7. The fraction of sp³-hybridized carbons (Fsp3) is 0.611. The number of ether oxygens (including phenoxy) is 1. The van der Waals surface area contributed by atoms with Crippen LogP contribution in [0.15, 0.2) is 24.3 Å². The SMILES string of the molecule is CCS(=O)(=O)N1CCC(C(=O)N[C@H](C)COc2ccc(C)cc2)CC1. The molecule has 0 unspecified atom stereocenters. The highest BCUT2D eigenvalue weighted by molar-refractivity contribution is 7.89. The molecule has 1 saturated heterocycles. The van der Waals surface area contributed by atoms with Crippen molar-refractivity contribution in [2.75, 3.05) is 25.4 Å². The molecule has 1 atom stereocenters. The average molecular weight is 368 g/mol. The van der Waals surface area contributed by atoms with Gasteiger partial charge in [-0.05, 0) is 45.7 Å². The van der Waals surface area contributed by atoms with Crippen molar-refractivity contribution in [3.8, 4) is 5.75 Å². The van der Waals surface area contributed by atoms with Gasteiger partial charge in [-0.3, -0.25) is 4.79 Å². The van der Waals surface area contributed by atoms with Crippen molar-refractivity contribution in [1.82, 2.24) is 9.62 Å². The molecule has 1 amide bonds. The third-order valence-electron chi connectivity index (χ3n) is 4.49. The van der Waals surface area contributed by atoms with Crippen molar-refractivity contribution < 1.29 is 17.9 Å². The standard InChI is InChI=1S/C18H28N2O4S/c1-4-25(22,23)20-11-9-16(10-12-20)18(21)19-15(3)13-24-17-7-5-14(2)6-8-17/h5-8,15-16H,4,9-13H2,1-3H3,(H,19,21)/t15-/m1/s1. The van der Waals surface area contributed by atoms with Gasteiger partial charge in [0.15, 0.2) is 0 Å². The summed E-state index contributed by atoms with van der Waals surface area (Å²) in [5.41, 5.74) is 1.17. The Morgan fingerprint density at radius 1 is 1.28 bits per heavy atom. The summed E-state index contributed by atoms with van der Waals surface area (Å²) in [4.78, 5) is 12.4. The molecule has 6 nitrogen and oxygen atoms in total. The zero-order chi connectivity index (χ0) is 18.4. The van der Waals surface area contributed by atoms with Crippen LogP contribution in [0.3, 0.4) is 0 Å². The number of hydrogen-bond donors (Lipinski definition) is 1.